The molecule has 168 valence electrons. The summed E-state index contributed by atoms with van der Waals surface area (Å²) < 4.78 is 27.4. The number of halogens is 2. The van der Waals surface area contributed by atoms with Gasteiger partial charge in [-0.05, 0) is 41.0 Å². The van der Waals surface area contributed by atoms with E-state index in [1.165, 1.54) is 35.2 Å². The molecule has 0 radical (unpaired) electrons. The third-order valence-corrected chi connectivity index (χ3v) is 6.62. The molecule has 0 unspecified atom stereocenters. The second-order valence-corrected chi connectivity index (χ2v) is 8.44. The molecule has 5 rings (SSSR count). The van der Waals surface area contributed by atoms with Crippen molar-refractivity contribution >= 4 is 11.8 Å². The highest BCUT2D eigenvalue weighted by molar-refractivity contribution is 5.97. The molecule has 2 fully saturated rings. The Labute approximate surface area is 189 Å². The lowest BCUT2D eigenvalue weighted by atomic mass is 9.73. The molecule has 2 aliphatic heterocycles. The van der Waals surface area contributed by atoms with Crippen LogP contribution in [0.25, 0.3) is 11.1 Å². The Morgan fingerprint density at radius 2 is 1.58 bits per heavy atom. The molecule has 3 aromatic rings. The van der Waals surface area contributed by atoms with Crippen molar-refractivity contribution in [3.8, 4) is 11.1 Å². The second-order valence-electron chi connectivity index (χ2n) is 8.44. The van der Waals surface area contributed by atoms with E-state index >= 15 is 0 Å². The van der Waals surface area contributed by atoms with E-state index in [1.54, 1.807) is 23.1 Å². The Balaban J connectivity index is 1.39. The summed E-state index contributed by atoms with van der Waals surface area (Å²) >= 11 is 0. The van der Waals surface area contributed by atoms with Gasteiger partial charge >= 0.3 is 0 Å². The lowest BCUT2D eigenvalue weighted by Crippen LogP contribution is -2.73. The maximum atomic E-state index is 14.1. The van der Waals surface area contributed by atoms with Crippen LogP contribution in [-0.4, -0.2) is 58.5 Å². The summed E-state index contributed by atoms with van der Waals surface area (Å²) in [5, 5.41) is 9.96. The second kappa shape index (κ2) is 8.41. The molecule has 5 nitrogen and oxygen atoms in total. The lowest BCUT2D eigenvalue weighted by Gasteiger charge is -2.58. The fraction of sp³-hybridized carbons (Fsp3) is 0.231. The molecular weight excluding hydrogens is 426 g/mol. The third-order valence-electron chi connectivity index (χ3n) is 6.62. The van der Waals surface area contributed by atoms with Crippen LogP contribution in [0.1, 0.15) is 21.8 Å². The number of aliphatic hydroxyl groups excluding tert-OH is 1. The Bertz CT molecular complexity index is 1200. The minimum absolute atomic E-state index is 0.0583. The van der Waals surface area contributed by atoms with E-state index in [0.717, 1.165) is 16.7 Å². The average Bonchev–Trinajstić information content (AvgIpc) is 2.81. The molecule has 0 bridgehead atoms. The first-order chi connectivity index (χ1) is 16.0. The monoisotopic (exact) mass is 448 g/mol. The zero-order valence-corrected chi connectivity index (χ0v) is 17.7. The summed E-state index contributed by atoms with van der Waals surface area (Å²) in [5.41, 5.74) is 2.68. The maximum Gasteiger partial charge on any atom is 0.257 e. The number of rotatable bonds is 4. The van der Waals surface area contributed by atoms with Gasteiger partial charge in [0.1, 0.15) is 18.2 Å². The summed E-state index contributed by atoms with van der Waals surface area (Å²) in [5.74, 6) is -1.84. The first-order valence-electron chi connectivity index (χ1n) is 10.8. The summed E-state index contributed by atoms with van der Waals surface area (Å²) in [6.07, 6.45) is 0. The minimum atomic E-state index is -0.618. The Morgan fingerprint density at radius 3 is 2.21 bits per heavy atom. The molecular formula is C26H22F2N2O3. The van der Waals surface area contributed by atoms with Gasteiger partial charge in [0.2, 0.25) is 5.91 Å². The van der Waals surface area contributed by atoms with Gasteiger partial charge in [-0.25, -0.2) is 8.78 Å². The van der Waals surface area contributed by atoms with Crippen LogP contribution >= 0.6 is 0 Å². The van der Waals surface area contributed by atoms with Gasteiger partial charge in [0, 0.05) is 12.5 Å². The number of hydrogen-bond donors (Lipinski definition) is 1. The van der Waals surface area contributed by atoms with Crippen molar-refractivity contribution in [2.45, 2.75) is 18.0 Å². The predicted molar refractivity (Wildman–Crippen MR) is 118 cm³/mol. The highest BCUT2D eigenvalue weighted by atomic mass is 19.1. The van der Waals surface area contributed by atoms with E-state index in [1.807, 2.05) is 24.3 Å². The van der Waals surface area contributed by atoms with Gasteiger partial charge in [-0.3, -0.25) is 9.59 Å². The van der Waals surface area contributed by atoms with Gasteiger partial charge in [0.05, 0.1) is 24.3 Å². The topological polar surface area (TPSA) is 60.9 Å². The van der Waals surface area contributed by atoms with Crippen molar-refractivity contribution in [1.82, 2.24) is 9.80 Å². The van der Waals surface area contributed by atoms with E-state index in [0.29, 0.717) is 0 Å². The molecule has 0 aliphatic carbocycles. The van der Waals surface area contributed by atoms with Crippen molar-refractivity contribution in [3.05, 3.63) is 95.6 Å². The van der Waals surface area contributed by atoms with E-state index in [4.69, 9.17) is 0 Å². The number of amides is 2. The molecule has 2 heterocycles. The normalized spacial score (nSPS) is 22.0. The molecule has 3 aromatic carbocycles. The first-order valence-corrected chi connectivity index (χ1v) is 10.8. The summed E-state index contributed by atoms with van der Waals surface area (Å²) in [6.45, 7) is -0.0654. The quantitative estimate of drug-likeness (QED) is 0.665. The molecule has 2 aliphatic rings. The standard InChI is InChI=1S/C26H22F2N2O3/c27-19-11-9-17(10-12-19)16-5-7-18(8-6-16)25-22-13-29(14-24(32)30(22)23(25)15-31)26(33)20-3-1-2-4-21(20)28/h1-12,22-23,25,31H,13-15H2/t22-,23-,25+/m1/s1. The number of fused-ring (bicyclic) bond motifs is 1. The summed E-state index contributed by atoms with van der Waals surface area (Å²) in [6, 6.07) is 19.0. The van der Waals surface area contributed by atoms with Gasteiger partial charge in [-0.1, -0.05) is 48.5 Å². The van der Waals surface area contributed by atoms with Crippen molar-refractivity contribution < 1.29 is 23.5 Å². The van der Waals surface area contributed by atoms with E-state index in [-0.39, 0.29) is 55.0 Å². The van der Waals surface area contributed by atoms with Crippen molar-refractivity contribution in [1.29, 1.82) is 0 Å². The van der Waals surface area contributed by atoms with Gasteiger partial charge in [-0.15, -0.1) is 0 Å². The highest BCUT2D eigenvalue weighted by Gasteiger charge is 2.54. The van der Waals surface area contributed by atoms with E-state index in [9.17, 15) is 23.5 Å². The maximum absolute atomic E-state index is 14.1. The number of hydrogen-bond acceptors (Lipinski definition) is 3. The van der Waals surface area contributed by atoms with Crippen molar-refractivity contribution in [2.75, 3.05) is 19.7 Å². The number of carbonyl (C=O) groups excluding carboxylic acids is 2. The molecule has 0 aromatic heterocycles. The average molecular weight is 448 g/mol. The zero-order chi connectivity index (χ0) is 23.1. The van der Waals surface area contributed by atoms with Crippen LogP contribution in [0.15, 0.2) is 72.8 Å². The molecule has 7 heteroatoms. The summed E-state index contributed by atoms with van der Waals surface area (Å²) in [4.78, 5) is 28.7. The number of benzene rings is 3. The molecule has 3 atom stereocenters. The summed E-state index contributed by atoms with van der Waals surface area (Å²) in [7, 11) is 0. The zero-order valence-electron chi connectivity index (χ0n) is 17.7. The number of carbonyl (C=O) groups is 2. The van der Waals surface area contributed by atoms with Crippen LogP contribution < -0.4 is 0 Å². The SMILES string of the molecule is O=C(c1ccccc1F)N1CC(=O)N2[C@H](CO)[C@@H](c3ccc(-c4ccc(F)cc4)cc3)[C@H]2C1. The fourth-order valence-corrected chi connectivity index (χ4v) is 5.00. The fourth-order valence-electron chi connectivity index (χ4n) is 5.00. The van der Waals surface area contributed by atoms with Crippen molar-refractivity contribution in [3.63, 3.8) is 0 Å². The molecule has 2 amide bonds. The van der Waals surface area contributed by atoms with Crippen LogP contribution in [-0.2, 0) is 4.79 Å². The van der Waals surface area contributed by atoms with Gasteiger partial charge in [0.25, 0.3) is 5.91 Å². The van der Waals surface area contributed by atoms with E-state index < -0.39 is 11.7 Å². The Morgan fingerprint density at radius 1 is 0.939 bits per heavy atom. The predicted octanol–water partition coefficient (Wildman–Crippen LogP) is 3.44. The Hall–Kier alpha value is -3.58. The third kappa shape index (κ3) is 3.68. The lowest BCUT2D eigenvalue weighted by molar-refractivity contribution is -0.159. The van der Waals surface area contributed by atoms with Crippen LogP contribution in [0, 0.1) is 11.6 Å². The number of piperazine rings is 1. The van der Waals surface area contributed by atoms with E-state index in [2.05, 4.69) is 0 Å². The van der Waals surface area contributed by atoms with Gasteiger partial charge < -0.3 is 14.9 Å². The van der Waals surface area contributed by atoms with Crippen LogP contribution in [0.5, 0.6) is 0 Å². The van der Waals surface area contributed by atoms with Crippen LogP contribution in [0.3, 0.4) is 0 Å². The highest BCUT2D eigenvalue weighted by Crippen LogP contribution is 2.43. The minimum Gasteiger partial charge on any atom is -0.394 e. The number of aliphatic hydroxyl groups is 1. The molecule has 0 saturated carbocycles. The Kier molecular flexibility index (Phi) is 5.42. The molecule has 1 N–H and O–H groups in total. The largest absolute Gasteiger partial charge is 0.394 e. The van der Waals surface area contributed by atoms with Crippen molar-refractivity contribution in [2.24, 2.45) is 0 Å². The smallest absolute Gasteiger partial charge is 0.257 e. The van der Waals surface area contributed by atoms with Gasteiger partial charge in [-0.2, -0.15) is 0 Å². The number of nitrogens with zero attached hydrogens (tertiary/aromatic N) is 2. The molecule has 33 heavy (non-hydrogen) atoms. The van der Waals surface area contributed by atoms with Gasteiger partial charge in [0.15, 0.2) is 0 Å². The first kappa shape index (κ1) is 21.3. The molecule has 2 saturated heterocycles. The molecule has 0 spiro atoms. The van der Waals surface area contributed by atoms with Crippen LogP contribution in [0.4, 0.5) is 8.78 Å². The van der Waals surface area contributed by atoms with Crippen LogP contribution in [0.2, 0.25) is 0 Å².